The fourth-order valence-electron chi connectivity index (χ4n) is 2.55. The van der Waals surface area contributed by atoms with Gasteiger partial charge < -0.3 is 9.64 Å². The topological polar surface area (TPSA) is 66.9 Å². The molecule has 0 aliphatic carbocycles. The Morgan fingerprint density at radius 1 is 1.26 bits per heavy atom. The van der Waals surface area contributed by atoms with E-state index in [9.17, 15) is 13.2 Å². The van der Waals surface area contributed by atoms with Crippen molar-refractivity contribution in [3.8, 4) is 0 Å². The molecule has 7 heteroatoms. The Labute approximate surface area is 138 Å². The number of carbonyl (C=O) groups is 1. The number of hydrogen-bond acceptors (Lipinski definition) is 4. The summed E-state index contributed by atoms with van der Waals surface area (Å²) in [6, 6.07) is 6.08. The molecule has 1 atom stereocenters. The van der Waals surface area contributed by atoms with Crippen molar-refractivity contribution in [1.82, 2.24) is 9.21 Å². The zero-order valence-electron chi connectivity index (χ0n) is 13.9. The molecular formula is C16H24N2O4S. The van der Waals surface area contributed by atoms with Crippen LogP contribution in [-0.4, -0.2) is 63.4 Å². The Bertz CT molecular complexity index is 635. The summed E-state index contributed by atoms with van der Waals surface area (Å²) in [4.78, 5) is 14.5. The fraction of sp³-hybridized carbons (Fsp3) is 0.562. The van der Waals surface area contributed by atoms with Crippen LogP contribution in [0.4, 0.5) is 0 Å². The van der Waals surface area contributed by atoms with E-state index in [1.807, 2.05) is 6.92 Å². The van der Waals surface area contributed by atoms with Gasteiger partial charge in [-0.25, -0.2) is 12.7 Å². The van der Waals surface area contributed by atoms with Crippen LogP contribution in [0.25, 0.3) is 0 Å². The van der Waals surface area contributed by atoms with Crippen LogP contribution in [0, 0.1) is 0 Å². The van der Waals surface area contributed by atoms with Gasteiger partial charge in [-0.15, -0.1) is 0 Å². The van der Waals surface area contributed by atoms with Crippen molar-refractivity contribution in [3.05, 3.63) is 29.8 Å². The third-order valence-corrected chi connectivity index (χ3v) is 5.83. The number of rotatable bonds is 6. The van der Waals surface area contributed by atoms with Gasteiger partial charge in [0.2, 0.25) is 10.0 Å². The molecule has 0 spiro atoms. The molecule has 0 N–H and O–H groups in total. The number of sulfonamides is 1. The van der Waals surface area contributed by atoms with Crippen molar-refractivity contribution in [3.63, 3.8) is 0 Å². The maximum Gasteiger partial charge on any atom is 0.253 e. The molecular weight excluding hydrogens is 316 g/mol. The molecule has 1 aliphatic rings. The Kier molecular flexibility index (Phi) is 5.78. The van der Waals surface area contributed by atoms with Crippen molar-refractivity contribution in [2.75, 3.05) is 33.8 Å². The minimum Gasteiger partial charge on any atom is -0.376 e. The molecule has 0 saturated carbocycles. The Balaban J connectivity index is 2.12. The van der Waals surface area contributed by atoms with Gasteiger partial charge in [0.15, 0.2) is 0 Å². The molecule has 1 amide bonds. The number of ether oxygens (including phenoxy) is 1. The predicted molar refractivity (Wildman–Crippen MR) is 87.9 cm³/mol. The Morgan fingerprint density at radius 3 is 2.39 bits per heavy atom. The van der Waals surface area contributed by atoms with Crippen LogP contribution in [0.2, 0.25) is 0 Å². The Hall–Kier alpha value is -1.44. The van der Waals surface area contributed by atoms with Gasteiger partial charge in [-0.3, -0.25) is 4.79 Å². The highest BCUT2D eigenvalue weighted by molar-refractivity contribution is 7.89. The lowest BCUT2D eigenvalue weighted by atomic mass is 10.1. The van der Waals surface area contributed by atoms with Crippen LogP contribution in [0.1, 0.15) is 30.1 Å². The van der Waals surface area contributed by atoms with E-state index in [1.165, 1.54) is 26.2 Å². The summed E-state index contributed by atoms with van der Waals surface area (Å²) < 4.78 is 30.8. The highest BCUT2D eigenvalue weighted by atomic mass is 32.2. The summed E-state index contributed by atoms with van der Waals surface area (Å²) in [5.74, 6) is -0.100. The van der Waals surface area contributed by atoms with E-state index < -0.39 is 10.0 Å². The van der Waals surface area contributed by atoms with Gasteiger partial charge in [0.25, 0.3) is 5.91 Å². The molecule has 1 aliphatic heterocycles. The van der Waals surface area contributed by atoms with E-state index >= 15 is 0 Å². The summed E-state index contributed by atoms with van der Waals surface area (Å²) in [5, 5.41) is 0. The Morgan fingerprint density at radius 2 is 1.91 bits per heavy atom. The second-order valence-corrected chi connectivity index (χ2v) is 7.94. The van der Waals surface area contributed by atoms with Gasteiger partial charge in [-0.2, -0.15) is 0 Å². The lowest BCUT2D eigenvalue weighted by Crippen LogP contribution is -2.37. The van der Waals surface area contributed by atoms with Gasteiger partial charge >= 0.3 is 0 Å². The van der Waals surface area contributed by atoms with Crippen molar-refractivity contribution >= 4 is 15.9 Å². The third-order valence-electron chi connectivity index (χ3n) is 4.00. The number of hydrogen-bond donors (Lipinski definition) is 0. The average Bonchev–Trinajstić information content (AvgIpc) is 3.05. The number of amides is 1. The van der Waals surface area contributed by atoms with Gasteiger partial charge in [0.05, 0.1) is 11.0 Å². The molecule has 0 radical (unpaired) electrons. The first kappa shape index (κ1) is 17.9. The number of nitrogens with zero attached hydrogens (tertiary/aromatic N) is 2. The van der Waals surface area contributed by atoms with E-state index in [1.54, 1.807) is 17.0 Å². The van der Waals surface area contributed by atoms with Crippen molar-refractivity contribution in [1.29, 1.82) is 0 Å². The lowest BCUT2D eigenvalue weighted by Gasteiger charge is -2.24. The van der Waals surface area contributed by atoms with Gasteiger partial charge in [-0.1, -0.05) is 0 Å². The predicted octanol–water partition coefficient (Wildman–Crippen LogP) is 1.58. The van der Waals surface area contributed by atoms with Gasteiger partial charge in [-0.05, 0) is 44.0 Å². The molecule has 1 saturated heterocycles. The summed E-state index contributed by atoms with van der Waals surface area (Å²) in [6.07, 6.45) is 2.12. The molecule has 1 heterocycles. The van der Waals surface area contributed by atoms with E-state index in [0.717, 1.165) is 23.8 Å². The molecule has 1 fully saturated rings. The van der Waals surface area contributed by atoms with E-state index in [-0.39, 0.29) is 16.9 Å². The van der Waals surface area contributed by atoms with Crippen LogP contribution in [-0.2, 0) is 14.8 Å². The monoisotopic (exact) mass is 340 g/mol. The zero-order valence-corrected chi connectivity index (χ0v) is 14.7. The molecule has 6 nitrogen and oxygen atoms in total. The average molecular weight is 340 g/mol. The van der Waals surface area contributed by atoms with Crippen LogP contribution in [0.3, 0.4) is 0 Å². The maximum atomic E-state index is 12.6. The molecule has 128 valence electrons. The normalized spacial score (nSPS) is 18.3. The third kappa shape index (κ3) is 4.10. The summed E-state index contributed by atoms with van der Waals surface area (Å²) in [5.41, 5.74) is 0.488. The van der Waals surface area contributed by atoms with Crippen LogP contribution >= 0.6 is 0 Å². The molecule has 2 rings (SSSR count). The summed E-state index contributed by atoms with van der Waals surface area (Å²) in [7, 11) is -0.513. The van der Waals surface area contributed by atoms with Crippen LogP contribution in [0.15, 0.2) is 29.2 Å². The van der Waals surface area contributed by atoms with Gasteiger partial charge in [0, 0.05) is 39.4 Å². The first-order chi connectivity index (χ1) is 10.9. The maximum absolute atomic E-state index is 12.6. The number of benzene rings is 1. The highest BCUT2D eigenvalue weighted by Gasteiger charge is 2.23. The lowest BCUT2D eigenvalue weighted by molar-refractivity contribution is 0.0539. The number of likely N-dealkylation sites (N-methyl/N-ethyl adjacent to an activating group) is 1. The van der Waals surface area contributed by atoms with Gasteiger partial charge in [0.1, 0.15) is 0 Å². The van der Waals surface area contributed by atoms with Crippen molar-refractivity contribution in [2.45, 2.75) is 30.8 Å². The highest BCUT2D eigenvalue weighted by Crippen LogP contribution is 2.17. The SMILES string of the molecule is CCN(C[C@H]1CCCO1)C(=O)c1ccc(S(=O)(=O)N(C)C)cc1. The minimum absolute atomic E-state index is 0.100. The fourth-order valence-corrected chi connectivity index (χ4v) is 3.45. The van der Waals surface area contributed by atoms with E-state index in [2.05, 4.69) is 0 Å². The van der Waals surface area contributed by atoms with Crippen molar-refractivity contribution < 1.29 is 17.9 Å². The molecule has 1 aromatic rings. The van der Waals surface area contributed by atoms with E-state index in [4.69, 9.17) is 4.74 Å². The second-order valence-electron chi connectivity index (χ2n) is 5.79. The summed E-state index contributed by atoms with van der Waals surface area (Å²) in [6.45, 7) is 3.86. The van der Waals surface area contributed by atoms with Crippen molar-refractivity contribution in [2.24, 2.45) is 0 Å². The second kappa shape index (κ2) is 7.42. The summed E-state index contributed by atoms with van der Waals surface area (Å²) >= 11 is 0. The molecule has 0 unspecified atom stereocenters. The van der Waals surface area contributed by atoms with Crippen LogP contribution in [0.5, 0.6) is 0 Å². The minimum atomic E-state index is -3.48. The number of carbonyl (C=O) groups excluding carboxylic acids is 1. The molecule has 1 aromatic carbocycles. The smallest absolute Gasteiger partial charge is 0.253 e. The zero-order chi connectivity index (χ0) is 17.0. The quantitative estimate of drug-likeness (QED) is 0.788. The molecule has 0 bridgehead atoms. The standard InChI is InChI=1S/C16H24N2O4S/c1-4-18(12-14-6-5-11-22-14)16(19)13-7-9-15(10-8-13)23(20,21)17(2)3/h7-10,14H,4-6,11-12H2,1-3H3/t14-/m1/s1. The van der Waals surface area contributed by atoms with Crippen LogP contribution < -0.4 is 0 Å². The molecule has 0 aromatic heterocycles. The largest absolute Gasteiger partial charge is 0.376 e. The molecule has 23 heavy (non-hydrogen) atoms. The first-order valence-corrected chi connectivity index (χ1v) is 9.23. The van der Waals surface area contributed by atoms with E-state index in [0.29, 0.717) is 18.7 Å². The first-order valence-electron chi connectivity index (χ1n) is 7.79.